The fourth-order valence-corrected chi connectivity index (χ4v) is 4.29. The number of hydrogen-bond acceptors (Lipinski definition) is 5. The van der Waals surface area contributed by atoms with Crippen LogP contribution in [-0.4, -0.2) is 28.5 Å². The first-order valence-corrected chi connectivity index (χ1v) is 9.79. The lowest BCUT2D eigenvalue weighted by molar-refractivity contribution is -0.117. The highest BCUT2D eigenvalue weighted by Gasteiger charge is 2.28. The third-order valence-electron chi connectivity index (χ3n) is 4.69. The van der Waals surface area contributed by atoms with Gasteiger partial charge in [0, 0.05) is 23.5 Å². The number of amides is 1. The van der Waals surface area contributed by atoms with E-state index in [1.165, 1.54) is 24.2 Å². The van der Waals surface area contributed by atoms with Gasteiger partial charge < -0.3 is 4.90 Å². The van der Waals surface area contributed by atoms with E-state index >= 15 is 0 Å². The van der Waals surface area contributed by atoms with E-state index in [0.29, 0.717) is 28.4 Å². The molecule has 1 aliphatic rings. The number of benzene rings is 1. The Kier molecular flexibility index (Phi) is 5.62. The highest BCUT2D eigenvalue weighted by Crippen LogP contribution is 2.32. The monoisotopic (exact) mass is 379 g/mol. The van der Waals surface area contributed by atoms with E-state index in [4.69, 9.17) is 0 Å². The number of nitriles is 1. The van der Waals surface area contributed by atoms with Crippen LogP contribution in [0.3, 0.4) is 0 Å². The van der Waals surface area contributed by atoms with Crippen LogP contribution in [-0.2, 0) is 11.2 Å². The molecule has 27 heavy (non-hydrogen) atoms. The number of rotatable bonds is 4. The average molecular weight is 379 g/mol. The number of pyridine rings is 1. The third-order valence-corrected chi connectivity index (χ3v) is 5.78. The molecule has 1 aromatic carbocycles. The Balaban J connectivity index is 1.85. The molecule has 2 heterocycles. The largest absolute Gasteiger partial charge is 0.311 e. The van der Waals surface area contributed by atoms with E-state index in [-0.39, 0.29) is 11.7 Å². The summed E-state index contributed by atoms with van der Waals surface area (Å²) < 4.78 is 0. The van der Waals surface area contributed by atoms with Gasteiger partial charge in [-0.2, -0.15) is 5.26 Å². The first-order chi connectivity index (χ1) is 12.9. The summed E-state index contributed by atoms with van der Waals surface area (Å²) in [6, 6.07) is 11.6. The van der Waals surface area contributed by atoms with Gasteiger partial charge >= 0.3 is 0 Å². The molecule has 2 aromatic rings. The van der Waals surface area contributed by atoms with Crippen molar-refractivity contribution >= 4 is 29.1 Å². The minimum absolute atomic E-state index is 0.00568. The number of nitrogens with zero attached hydrogens (tertiary/aromatic N) is 3. The zero-order chi connectivity index (χ0) is 19.6. The van der Waals surface area contributed by atoms with Gasteiger partial charge in [0.05, 0.1) is 10.8 Å². The molecule has 0 fully saturated rings. The topological polar surface area (TPSA) is 74.1 Å². The SMILES string of the molecule is CC(=O)c1cc(C#N)c(S[C@H](C)C(=O)N2CCCc3ccccc32)nc1C. The van der Waals surface area contributed by atoms with Crippen LogP contribution in [0.1, 0.15) is 47.4 Å². The lowest BCUT2D eigenvalue weighted by atomic mass is 10.0. The summed E-state index contributed by atoms with van der Waals surface area (Å²) in [7, 11) is 0. The van der Waals surface area contributed by atoms with E-state index < -0.39 is 5.25 Å². The van der Waals surface area contributed by atoms with Crippen molar-refractivity contribution in [3.05, 3.63) is 52.7 Å². The number of Topliss-reactive ketones (excluding diaryl/α,β-unsaturated/α-hetero) is 1. The van der Waals surface area contributed by atoms with Gasteiger partial charge in [-0.1, -0.05) is 30.0 Å². The molecule has 5 nitrogen and oxygen atoms in total. The third kappa shape index (κ3) is 3.88. The van der Waals surface area contributed by atoms with Crippen molar-refractivity contribution < 1.29 is 9.59 Å². The number of hydrogen-bond donors (Lipinski definition) is 0. The highest BCUT2D eigenvalue weighted by molar-refractivity contribution is 8.00. The maximum atomic E-state index is 13.1. The molecule has 1 amide bonds. The molecule has 0 spiro atoms. The average Bonchev–Trinajstić information content (AvgIpc) is 2.66. The molecule has 0 unspecified atom stereocenters. The van der Waals surface area contributed by atoms with Crippen LogP contribution in [0, 0.1) is 18.3 Å². The molecule has 138 valence electrons. The first-order valence-electron chi connectivity index (χ1n) is 8.91. The Morgan fingerprint density at radius 3 is 2.78 bits per heavy atom. The number of thioether (sulfide) groups is 1. The van der Waals surface area contributed by atoms with Crippen molar-refractivity contribution in [1.82, 2.24) is 4.98 Å². The summed E-state index contributed by atoms with van der Waals surface area (Å²) in [5.74, 6) is -0.117. The molecule has 1 aromatic heterocycles. The Labute approximate surface area is 163 Å². The van der Waals surface area contributed by atoms with E-state index in [1.54, 1.807) is 13.0 Å². The fraction of sp³-hybridized carbons (Fsp3) is 0.333. The van der Waals surface area contributed by atoms with Crippen LogP contribution >= 0.6 is 11.8 Å². The number of anilines is 1. The molecule has 0 radical (unpaired) electrons. The van der Waals surface area contributed by atoms with E-state index in [9.17, 15) is 14.9 Å². The summed E-state index contributed by atoms with van der Waals surface area (Å²) >= 11 is 1.27. The number of fused-ring (bicyclic) bond motifs is 1. The zero-order valence-electron chi connectivity index (χ0n) is 15.7. The van der Waals surface area contributed by atoms with E-state index in [1.807, 2.05) is 30.0 Å². The van der Waals surface area contributed by atoms with Gasteiger partial charge in [0.1, 0.15) is 11.1 Å². The van der Waals surface area contributed by atoms with E-state index in [2.05, 4.69) is 17.1 Å². The number of carbonyl (C=O) groups is 2. The molecule has 0 saturated carbocycles. The number of carbonyl (C=O) groups excluding carboxylic acids is 2. The fourth-order valence-electron chi connectivity index (χ4n) is 3.31. The second-order valence-electron chi connectivity index (χ2n) is 6.62. The summed E-state index contributed by atoms with van der Waals surface area (Å²) in [5, 5.41) is 9.54. The maximum absolute atomic E-state index is 13.1. The van der Waals surface area contributed by atoms with Gasteiger partial charge in [0.15, 0.2) is 5.78 Å². The smallest absolute Gasteiger partial charge is 0.240 e. The van der Waals surface area contributed by atoms with Crippen LogP contribution in [0.25, 0.3) is 0 Å². The Morgan fingerprint density at radius 1 is 1.33 bits per heavy atom. The Hall–Kier alpha value is -2.65. The Morgan fingerprint density at radius 2 is 2.07 bits per heavy atom. The minimum Gasteiger partial charge on any atom is -0.311 e. The summed E-state index contributed by atoms with van der Waals surface area (Å²) in [5.41, 5.74) is 3.51. The van der Waals surface area contributed by atoms with Crippen LogP contribution in [0.5, 0.6) is 0 Å². The lowest BCUT2D eigenvalue weighted by Gasteiger charge is -2.31. The van der Waals surface area contributed by atoms with Crippen LogP contribution in [0.15, 0.2) is 35.4 Å². The number of aryl methyl sites for hydroxylation is 2. The number of para-hydroxylation sites is 1. The second-order valence-corrected chi connectivity index (χ2v) is 7.95. The summed E-state index contributed by atoms with van der Waals surface area (Å²) in [6.07, 6.45) is 1.92. The predicted octanol–water partition coefficient (Wildman–Crippen LogP) is 3.92. The molecule has 0 saturated heterocycles. The predicted molar refractivity (Wildman–Crippen MR) is 106 cm³/mol. The van der Waals surface area contributed by atoms with Crippen molar-refractivity contribution in [2.75, 3.05) is 11.4 Å². The van der Waals surface area contributed by atoms with Gasteiger partial charge in [-0.25, -0.2) is 4.98 Å². The minimum atomic E-state index is -0.390. The first kappa shape index (κ1) is 19.1. The number of aromatic nitrogens is 1. The van der Waals surface area contributed by atoms with Crippen molar-refractivity contribution in [2.24, 2.45) is 0 Å². The summed E-state index contributed by atoms with van der Waals surface area (Å²) in [4.78, 5) is 31.0. The molecule has 1 aliphatic heterocycles. The molecule has 6 heteroatoms. The van der Waals surface area contributed by atoms with E-state index in [0.717, 1.165) is 18.5 Å². The van der Waals surface area contributed by atoms with Crippen LogP contribution in [0.2, 0.25) is 0 Å². The molecular formula is C21H21N3O2S. The van der Waals surface area contributed by atoms with Gasteiger partial charge in [0.2, 0.25) is 5.91 Å². The maximum Gasteiger partial charge on any atom is 0.240 e. The zero-order valence-corrected chi connectivity index (χ0v) is 16.5. The quantitative estimate of drug-likeness (QED) is 0.594. The van der Waals surface area contributed by atoms with Crippen LogP contribution in [0.4, 0.5) is 5.69 Å². The van der Waals surface area contributed by atoms with Crippen molar-refractivity contribution in [3.8, 4) is 6.07 Å². The molecule has 1 atom stereocenters. The van der Waals surface area contributed by atoms with Gasteiger partial charge in [-0.05, 0) is 51.3 Å². The molecule has 0 N–H and O–H groups in total. The summed E-state index contributed by atoms with van der Waals surface area (Å²) in [6.45, 7) is 5.73. The highest BCUT2D eigenvalue weighted by atomic mass is 32.2. The molecular weight excluding hydrogens is 358 g/mol. The van der Waals surface area contributed by atoms with Crippen molar-refractivity contribution in [2.45, 2.75) is 43.9 Å². The molecule has 0 aliphatic carbocycles. The van der Waals surface area contributed by atoms with Crippen molar-refractivity contribution in [1.29, 1.82) is 5.26 Å². The molecule has 3 rings (SSSR count). The van der Waals surface area contributed by atoms with Gasteiger partial charge in [-0.15, -0.1) is 0 Å². The normalized spacial score (nSPS) is 14.2. The standard InChI is InChI=1S/C21H21N3O2S/c1-13-18(14(2)25)11-17(12-22)20(23-13)27-15(3)21(26)24-10-6-8-16-7-4-5-9-19(16)24/h4-5,7,9,11,15H,6,8,10H2,1-3H3/t15-/m1/s1. The second kappa shape index (κ2) is 7.93. The number of ketones is 1. The van der Waals surface area contributed by atoms with Crippen molar-refractivity contribution in [3.63, 3.8) is 0 Å². The lowest BCUT2D eigenvalue weighted by Crippen LogP contribution is -2.40. The molecule has 0 bridgehead atoms. The van der Waals surface area contributed by atoms with Crippen LogP contribution < -0.4 is 4.90 Å². The van der Waals surface area contributed by atoms with Gasteiger partial charge in [-0.3, -0.25) is 9.59 Å². The van der Waals surface area contributed by atoms with Gasteiger partial charge in [0.25, 0.3) is 0 Å². The Bertz CT molecular complexity index is 949.